The number of benzene rings is 1. The van der Waals surface area contributed by atoms with Crippen LogP contribution in [0.1, 0.15) is 20.8 Å². The van der Waals surface area contributed by atoms with Crippen molar-refractivity contribution in [2.75, 3.05) is 0 Å². The molecule has 2 aliphatic rings. The summed E-state index contributed by atoms with van der Waals surface area (Å²) in [6.07, 6.45) is -2.64. The van der Waals surface area contributed by atoms with Crippen LogP contribution in [-0.4, -0.2) is 39.1 Å². The highest BCUT2D eigenvalue weighted by atomic mass is 32.2. The van der Waals surface area contributed by atoms with Gasteiger partial charge in [0.05, 0.1) is 1.37 Å². The fourth-order valence-electron chi connectivity index (χ4n) is 2.64. The molecule has 0 unspecified atom stereocenters. The Labute approximate surface area is 128 Å². The van der Waals surface area contributed by atoms with E-state index in [1.54, 1.807) is 13.8 Å². The van der Waals surface area contributed by atoms with E-state index in [0.29, 0.717) is 0 Å². The lowest BCUT2D eigenvalue weighted by molar-refractivity contribution is -0.168. The number of hydrogen-bond acceptors (Lipinski definition) is 4. The molecule has 0 N–H and O–H groups in total. The number of β-lactam (4-membered cyclic amide) rings is 1. The number of halogens is 1. The van der Waals surface area contributed by atoms with Crippen LogP contribution in [0.25, 0.3) is 0 Å². The molecule has 4 nitrogen and oxygen atoms in total. The third-order valence-corrected chi connectivity index (χ3v) is 5.20. The van der Waals surface area contributed by atoms with Crippen molar-refractivity contribution in [1.29, 1.82) is 0 Å². The molecule has 0 saturated carbocycles. The van der Waals surface area contributed by atoms with Gasteiger partial charge in [-0.1, -0.05) is 30.3 Å². The third-order valence-electron chi connectivity index (χ3n) is 3.71. The van der Waals surface area contributed by atoms with Crippen LogP contribution in [0.3, 0.4) is 0 Å². The zero-order chi connectivity index (χ0) is 16.1. The number of alkyl halides is 1. The summed E-state index contributed by atoms with van der Waals surface area (Å²) in [6.45, 7) is 3.62. The topological polar surface area (TPSA) is 46.6 Å². The van der Waals surface area contributed by atoms with Crippen LogP contribution in [-0.2, 0) is 20.9 Å². The van der Waals surface area contributed by atoms with Gasteiger partial charge in [-0.2, -0.15) is 0 Å². The number of rotatable bonds is 3. The Morgan fingerprint density at radius 3 is 2.81 bits per heavy atom. The van der Waals surface area contributed by atoms with E-state index < -0.39 is 34.2 Å². The molecule has 112 valence electrons. The van der Waals surface area contributed by atoms with Crippen molar-refractivity contribution in [3.05, 3.63) is 35.9 Å². The van der Waals surface area contributed by atoms with Crippen LogP contribution in [0, 0.1) is 0 Å². The SMILES string of the molecule is [2H][C@@]1(F)C(=O)N2[C@@H](C(=O)OCc3ccccc3)C(C)(C)S[C@@H]21. The molecule has 1 aromatic carbocycles. The van der Waals surface area contributed by atoms with Crippen molar-refractivity contribution in [2.45, 2.75) is 42.8 Å². The lowest BCUT2D eigenvalue weighted by Gasteiger charge is -2.39. The molecule has 3 rings (SSSR count). The van der Waals surface area contributed by atoms with Crippen LogP contribution in [0.4, 0.5) is 4.39 Å². The van der Waals surface area contributed by atoms with E-state index in [2.05, 4.69) is 0 Å². The van der Waals surface area contributed by atoms with E-state index in [1.165, 1.54) is 0 Å². The van der Waals surface area contributed by atoms with Crippen LogP contribution in [0.5, 0.6) is 0 Å². The molecule has 6 heteroatoms. The quantitative estimate of drug-likeness (QED) is 0.634. The Kier molecular flexibility index (Phi) is 3.14. The molecule has 1 aromatic rings. The summed E-state index contributed by atoms with van der Waals surface area (Å²) in [7, 11) is 0. The second-order valence-electron chi connectivity index (χ2n) is 5.63. The summed E-state index contributed by atoms with van der Waals surface area (Å²) in [5.74, 6) is -1.52. The first-order valence-corrected chi connectivity index (χ1v) is 7.53. The van der Waals surface area contributed by atoms with E-state index in [1.807, 2.05) is 30.3 Å². The molecule has 2 aliphatic heterocycles. The molecule has 2 saturated heterocycles. The highest BCUT2D eigenvalue weighted by Gasteiger charge is 2.64. The average Bonchev–Trinajstić information content (AvgIpc) is 2.76. The van der Waals surface area contributed by atoms with Crippen molar-refractivity contribution >= 4 is 23.6 Å². The molecule has 0 aliphatic carbocycles. The summed E-state index contributed by atoms with van der Waals surface area (Å²) in [5.41, 5.74) is 0.839. The van der Waals surface area contributed by atoms with Gasteiger partial charge in [0.2, 0.25) is 6.15 Å². The van der Waals surface area contributed by atoms with E-state index in [4.69, 9.17) is 6.11 Å². The molecule has 0 bridgehead atoms. The minimum absolute atomic E-state index is 0.102. The maximum absolute atomic E-state index is 13.9. The Hall–Kier alpha value is -1.56. The highest BCUT2D eigenvalue weighted by Crippen LogP contribution is 2.51. The summed E-state index contributed by atoms with van der Waals surface area (Å²) >= 11 is 1.13. The minimum atomic E-state index is -2.64. The zero-order valence-corrected chi connectivity index (χ0v) is 12.5. The molecule has 0 spiro atoms. The lowest BCUT2D eigenvalue weighted by atomic mass is 9.97. The first-order valence-electron chi connectivity index (χ1n) is 7.15. The Bertz CT molecular complexity index is 622. The van der Waals surface area contributed by atoms with Crippen LogP contribution >= 0.6 is 11.8 Å². The van der Waals surface area contributed by atoms with Crippen molar-refractivity contribution in [1.82, 2.24) is 4.90 Å². The molecule has 3 atom stereocenters. The monoisotopic (exact) mass is 310 g/mol. The molecule has 0 radical (unpaired) electrons. The normalized spacial score (nSPS) is 34.0. The van der Waals surface area contributed by atoms with Crippen LogP contribution in [0.2, 0.25) is 0 Å². The number of amides is 1. The van der Waals surface area contributed by atoms with Gasteiger partial charge in [-0.15, -0.1) is 11.8 Å². The lowest BCUT2D eigenvalue weighted by Crippen LogP contribution is -2.64. The fourth-order valence-corrected chi connectivity index (χ4v) is 4.09. The van der Waals surface area contributed by atoms with E-state index in [0.717, 1.165) is 22.2 Å². The Morgan fingerprint density at radius 1 is 1.48 bits per heavy atom. The van der Waals surface area contributed by atoms with Crippen LogP contribution in [0.15, 0.2) is 30.3 Å². The minimum Gasteiger partial charge on any atom is -0.459 e. The number of ether oxygens (including phenoxy) is 1. The van der Waals surface area contributed by atoms with E-state index in [-0.39, 0.29) is 6.61 Å². The fraction of sp³-hybridized carbons (Fsp3) is 0.467. The van der Waals surface area contributed by atoms with Gasteiger partial charge >= 0.3 is 5.97 Å². The summed E-state index contributed by atoms with van der Waals surface area (Å²) in [5, 5.41) is -0.940. The largest absolute Gasteiger partial charge is 0.459 e. The van der Waals surface area contributed by atoms with Gasteiger partial charge in [0.1, 0.15) is 18.0 Å². The maximum atomic E-state index is 13.9. The molecule has 0 aromatic heterocycles. The van der Waals surface area contributed by atoms with Crippen molar-refractivity contribution in [3.8, 4) is 0 Å². The molecule has 21 heavy (non-hydrogen) atoms. The molecular formula is C15H16FNO3S. The Morgan fingerprint density at radius 2 is 2.14 bits per heavy atom. The number of carbonyl (C=O) groups is 2. The molecular weight excluding hydrogens is 293 g/mol. The molecule has 1 amide bonds. The smallest absolute Gasteiger partial charge is 0.330 e. The first kappa shape index (κ1) is 13.1. The van der Waals surface area contributed by atoms with Crippen molar-refractivity contribution in [3.63, 3.8) is 0 Å². The van der Waals surface area contributed by atoms with Gasteiger partial charge in [-0.05, 0) is 19.4 Å². The van der Waals surface area contributed by atoms with Gasteiger partial charge in [0, 0.05) is 4.75 Å². The van der Waals surface area contributed by atoms with Crippen molar-refractivity contribution < 1.29 is 20.1 Å². The Balaban J connectivity index is 1.73. The van der Waals surface area contributed by atoms with Gasteiger partial charge in [0.15, 0.2) is 0 Å². The zero-order valence-electron chi connectivity index (χ0n) is 12.7. The first-order chi connectivity index (χ1) is 10.2. The van der Waals surface area contributed by atoms with E-state index >= 15 is 0 Å². The van der Waals surface area contributed by atoms with E-state index in [9.17, 15) is 14.0 Å². The predicted octanol–water partition coefficient (Wildman–Crippen LogP) is 2.13. The number of nitrogens with zero attached hydrogens (tertiary/aromatic N) is 1. The predicted molar refractivity (Wildman–Crippen MR) is 77.2 cm³/mol. The summed E-state index contributed by atoms with van der Waals surface area (Å²) < 4.78 is 25.9. The highest BCUT2D eigenvalue weighted by molar-refractivity contribution is 8.01. The number of hydrogen-bond donors (Lipinski definition) is 0. The molecule has 2 heterocycles. The number of carbonyl (C=O) groups excluding carboxylic acids is 2. The second kappa shape index (κ2) is 5.02. The van der Waals surface area contributed by atoms with Gasteiger partial charge in [0.25, 0.3) is 5.91 Å². The maximum Gasteiger partial charge on any atom is 0.330 e. The number of thioether (sulfide) groups is 1. The number of esters is 1. The van der Waals surface area contributed by atoms with Crippen molar-refractivity contribution in [2.24, 2.45) is 0 Å². The average molecular weight is 310 g/mol. The summed E-state index contributed by atoms with van der Waals surface area (Å²) in [4.78, 5) is 25.3. The van der Waals surface area contributed by atoms with Gasteiger partial charge < -0.3 is 9.64 Å². The third kappa shape index (κ3) is 2.31. The van der Waals surface area contributed by atoms with Gasteiger partial charge in [-0.25, -0.2) is 9.18 Å². The van der Waals surface area contributed by atoms with Crippen LogP contribution < -0.4 is 0 Å². The standard InChI is InChI=1S/C15H16FNO3S/c1-15(2)11(17-12(18)10(16)13(17)21-15)14(19)20-8-9-6-4-3-5-7-9/h3-7,10-11,13H,8H2,1-2H3/t10-,11+,13-/m1/s1/i10D. The molecule has 2 fully saturated rings. The number of fused-ring (bicyclic) bond motifs is 1. The second-order valence-corrected chi connectivity index (χ2v) is 7.36. The van der Waals surface area contributed by atoms with Gasteiger partial charge in [-0.3, -0.25) is 4.79 Å². The summed E-state index contributed by atoms with van der Waals surface area (Å²) in [6, 6.07) is 8.33.